The Labute approximate surface area is 105 Å². The second kappa shape index (κ2) is 6.27. The van der Waals surface area contributed by atoms with Crippen LogP contribution < -0.4 is 10.6 Å². The molecule has 2 rings (SSSR count). The number of nitrogens with one attached hydrogen (secondary N) is 2. The Kier molecular flexibility index (Phi) is 4.43. The molecule has 1 aromatic heterocycles. The van der Waals surface area contributed by atoms with E-state index < -0.39 is 4.92 Å². The lowest BCUT2D eigenvalue weighted by Gasteiger charge is -2.27. The van der Waals surface area contributed by atoms with Crippen molar-refractivity contribution in [2.75, 3.05) is 44.6 Å². The molecule has 0 spiro atoms. The van der Waals surface area contributed by atoms with E-state index in [1.54, 1.807) is 12.1 Å². The van der Waals surface area contributed by atoms with Crippen molar-refractivity contribution in [3.05, 3.63) is 28.4 Å². The Hall–Kier alpha value is -1.73. The van der Waals surface area contributed by atoms with Crippen LogP contribution in [0.4, 0.5) is 11.5 Å². The van der Waals surface area contributed by atoms with Crippen LogP contribution in [0.1, 0.15) is 0 Å². The molecule has 7 heteroatoms. The number of hydrogen-bond donors (Lipinski definition) is 2. The fraction of sp³-hybridized carbons (Fsp3) is 0.545. The summed E-state index contributed by atoms with van der Waals surface area (Å²) >= 11 is 0. The zero-order valence-electron chi connectivity index (χ0n) is 10.1. The van der Waals surface area contributed by atoms with Gasteiger partial charge in [0.15, 0.2) is 0 Å². The highest BCUT2D eigenvalue weighted by Crippen LogP contribution is 2.19. The second-order valence-corrected chi connectivity index (χ2v) is 4.15. The van der Waals surface area contributed by atoms with Crippen molar-refractivity contribution in [2.45, 2.75) is 0 Å². The first-order valence-electron chi connectivity index (χ1n) is 6.04. The van der Waals surface area contributed by atoms with Gasteiger partial charge in [0, 0.05) is 39.3 Å². The largest absolute Gasteiger partial charge is 0.386 e. The summed E-state index contributed by atoms with van der Waals surface area (Å²) in [5.74, 6) is -0.113. The van der Waals surface area contributed by atoms with Crippen LogP contribution in [-0.2, 0) is 0 Å². The number of rotatable bonds is 5. The number of pyridine rings is 1. The maximum absolute atomic E-state index is 10.8. The van der Waals surface area contributed by atoms with Crippen molar-refractivity contribution in [3.63, 3.8) is 0 Å². The Balaban J connectivity index is 1.84. The number of aromatic nitrogens is 1. The van der Waals surface area contributed by atoms with E-state index >= 15 is 0 Å². The van der Waals surface area contributed by atoms with Gasteiger partial charge in [-0.2, -0.15) is 0 Å². The molecule has 0 radical (unpaired) electrons. The zero-order chi connectivity index (χ0) is 12.8. The molecule has 0 bridgehead atoms. The molecule has 1 aromatic rings. The Morgan fingerprint density at radius 2 is 2.28 bits per heavy atom. The molecular formula is C11H17N5O2. The fourth-order valence-electron chi connectivity index (χ4n) is 1.96. The maximum Gasteiger partial charge on any atom is 0.386 e. The fourth-order valence-corrected chi connectivity index (χ4v) is 1.96. The number of piperazine rings is 1. The van der Waals surface area contributed by atoms with Gasteiger partial charge in [-0.25, -0.2) is 0 Å². The number of nitrogens with zero attached hydrogens (tertiary/aromatic N) is 3. The Morgan fingerprint density at radius 3 is 3.00 bits per heavy atom. The molecule has 0 unspecified atom stereocenters. The molecule has 0 saturated carbocycles. The molecule has 98 valence electrons. The lowest BCUT2D eigenvalue weighted by molar-refractivity contribution is -0.388. The van der Waals surface area contributed by atoms with Crippen LogP contribution >= 0.6 is 0 Å². The second-order valence-electron chi connectivity index (χ2n) is 4.15. The van der Waals surface area contributed by atoms with E-state index in [9.17, 15) is 10.1 Å². The van der Waals surface area contributed by atoms with Crippen molar-refractivity contribution in [1.82, 2.24) is 15.2 Å². The van der Waals surface area contributed by atoms with Gasteiger partial charge < -0.3 is 20.7 Å². The molecule has 18 heavy (non-hydrogen) atoms. The summed E-state index contributed by atoms with van der Waals surface area (Å²) in [6.45, 7) is 5.63. The van der Waals surface area contributed by atoms with Crippen molar-refractivity contribution in [2.24, 2.45) is 0 Å². The molecule has 0 amide bonds. The van der Waals surface area contributed by atoms with Gasteiger partial charge in [-0.1, -0.05) is 0 Å². The minimum atomic E-state index is -0.465. The topological polar surface area (TPSA) is 83.3 Å². The van der Waals surface area contributed by atoms with E-state index in [4.69, 9.17) is 0 Å². The van der Waals surface area contributed by atoms with Crippen molar-refractivity contribution >= 4 is 11.5 Å². The van der Waals surface area contributed by atoms with E-state index in [-0.39, 0.29) is 5.82 Å². The Morgan fingerprint density at radius 1 is 1.50 bits per heavy atom. The number of nitro groups is 1. The summed E-state index contributed by atoms with van der Waals surface area (Å²) in [4.78, 5) is 16.4. The standard InChI is InChI=1S/C11H17N5O2/c17-16(18)11-10(2-1-3-14-11)13-6-9-15-7-4-12-5-8-15/h1-3,12-13H,4-9H2. The minimum absolute atomic E-state index is 0.113. The average Bonchev–Trinajstić information content (AvgIpc) is 2.40. The SMILES string of the molecule is O=[N+]([O-])c1ncccc1NCCN1CCNCC1. The third-order valence-corrected chi connectivity index (χ3v) is 2.91. The predicted molar refractivity (Wildman–Crippen MR) is 68.7 cm³/mol. The third-order valence-electron chi connectivity index (χ3n) is 2.91. The van der Waals surface area contributed by atoms with E-state index in [2.05, 4.69) is 20.5 Å². The molecule has 2 heterocycles. The molecule has 2 N–H and O–H groups in total. The molecule has 0 aromatic carbocycles. The van der Waals surface area contributed by atoms with Gasteiger partial charge in [-0.15, -0.1) is 0 Å². The summed E-state index contributed by atoms with van der Waals surface area (Å²) in [5, 5.41) is 17.1. The first-order valence-corrected chi connectivity index (χ1v) is 6.04. The van der Waals surface area contributed by atoms with Crippen molar-refractivity contribution in [3.8, 4) is 0 Å². The highest BCUT2D eigenvalue weighted by atomic mass is 16.6. The first kappa shape index (κ1) is 12.7. The van der Waals surface area contributed by atoms with Crippen LogP contribution in [0.15, 0.2) is 18.3 Å². The van der Waals surface area contributed by atoms with E-state index in [0.717, 1.165) is 32.7 Å². The van der Waals surface area contributed by atoms with Gasteiger partial charge in [-0.3, -0.25) is 4.90 Å². The molecule has 1 aliphatic rings. The Bertz CT molecular complexity index is 406. The maximum atomic E-state index is 10.8. The summed E-state index contributed by atoms with van der Waals surface area (Å²) in [6, 6.07) is 3.38. The van der Waals surface area contributed by atoms with Crippen LogP contribution in [-0.4, -0.2) is 54.1 Å². The smallest absolute Gasteiger partial charge is 0.377 e. The quantitative estimate of drug-likeness (QED) is 0.579. The predicted octanol–water partition coefficient (Wildman–Crippen LogP) is 0.307. The van der Waals surface area contributed by atoms with E-state index in [0.29, 0.717) is 12.2 Å². The third kappa shape index (κ3) is 3.38. The van der Waals surface area contributed by atoms with Crippen LogP contribution in [0.5, 0.6) is 0 Å². The monoisotopic (exact) mass is 251 g/mol. The summed E-state index contributed by atoms with van der Waals surface area (Å²) < 4.78 is 0. The highest BCUT2D eigenvalue weighted by Gasteiger charge is 2.14. The molecule has 1 aliphatic heterocycles. The van der Waals surface area contributed by atoms with E-state index in [1.807, 2.05) is 0 Å². The summed E-state index contributed by atoms with van der Waals surface area (Å²) in [6.07, 6.45) is 1.43. The lowest BCUT2D eigenvalue weighted by Crippen LogP contribution is -2.45. The van der Waals surface area contributed by atoms with Gasteiger partial charge in [-0.05, 0) is 22.0 Å². The number of anilines is 1. The molecule has 1 saturated heterocycles. The first-order chi connectivity index (χ1) is 8.77. The molecule has 7 nitrogen and oxygen atoms in total. The summed E-state index contributed by atoms with van der Waals surface area (Å²) in [5.41, 5.74) is 0.484. The zero-order valence-corrected chi connectivity index (χ0v) is 10.1. The number of hydrogen-bond acceptors (Lipinski definition) is 6. The van der Waals surface area contributed by atoms with Crippen LogP contribution in [0.3, 0.4) is 0 Å². The van der Waals surface area contributed by atoms with Crippen LogP contribution in [0, 0.1) is 10.1 Å². The molecule has 0 aliphatic carbocycles. The molecule has 1 fully saturated rings. The average molecular weight is 251 g/mol. The van der Waals surface area contributed by atoms with Crippen LogP contribution in [0.2, 0.25) is 0 Å². The minimum Gasteiger partial charge on any atom is -0.377 e. The van der Waals surface area contributed by atoms with Crippen LogP contribution in [0.25, 0.3) is 0 Å². The lowest BCUT2D eigenvalue weighted by atomic mass is 10.3. The molecule has 0 atom stereocenters. The highest BCUT2D eigenvalue weighted by molar-refractivity contribution is 5.56. The van der Waals surface area contributed by atoms with Gasteiger partial charge in [0.25, 0.3) is 0 Å². The molecular weight excluding hydrogens is 234 g/mol. The van der Waals surface area contributed by atoms with Gasteiger partial charge in [0.05, 0.1) is 0 Å². The van der Waals surface area contributed by atoms with E-state index in [1.165, 1.54) is 6.20 Å². The van der Waals surface area contributed by atoms with Crippen molar-refractivity contribution in [1.29, 1.82) is 0 Å². The summed E-state index contributed by atoms with van der Waals surface area (Å²) in [7, 11) is 0. The van der Waals surface area contributed by atoms with Gasteiger partial charge >= 0.3 is 5.82 Å². The van der Waals surface area contributed by atoms with Gasteiger partial charge in [0.2, 0.25) is 0 Å². The van der Waals surface area contributed by atoms with Gasteiger partial charge in [0.1, 0.15) is 11.9 Å². The normalized spacial score (nSPS) is 16.4. The van der Waals surface area contributed by atoms with Crippen molar-refractivity contribution < 1.29 is 4.92 Å².